The molecule has 0 unspecified atom stereocenters. The second-order valence-electron chi connectivity index (χ2n) is 3.60. The molecule has 0 aliphatic heterocycles. The van der Waals surface area contributed by atoms with Crippen molar-refractivity contribution in [3.8, 4) is 0 Å². The largest absolute Gasteiger partial charge is 0.478 e. The molecule has 5 heteroatoms. The highest BCUT2D eigenvalue weighted by Crippen LogP contribution is 2.19. The molecule has 2 aromatic rings. The summed E-state index contributed by atoms with van der Waals surface area (Å²) in [6, 6.07) is 3.50. The van der Waals surface area contributed by atoms with Gasteiger partial charge < -0.3 is 10.4 Å². The van der Waals surface area contributed by atoms with Crippen molar-refractivity contribution in [1.82, 2.24) is 9.97 Å². The van der Waals surface area contributed by atoms with Gasteiger partial charge in [0.2, 0.25) is 0 Å². The van der Waals surface area contributed by atoms with E-state index in [4.69, 9.17) is 5.11 Å². The van der Waals surface area contributed by atoms with Gasteiger partial charge >= 0.3 is 5.97 Å². The fraction of sp³-hybridized carbons (Fsp3) is 0.0833. The topological polar surface area (TPSA) is 75.1 Å². The second-order valence-corrected chi connectivity index (χ2v) is 3.60. The molecular weight excluding hydrogens is 218 g/mol. The number of hydrogen-bond donors (Lipinski definition) is 2. The Kier molecular flexibility index (Phi) is 3.00. The molecule has 2 aromatic heterocycles. The van der Waals surface area contributed by atoms with Crippen LogP contribution in [0.2, 0.25) is 0 Å². The Labute approximate surface area is 98.2 Å². The van der Waals surface area contributed by atoms with Crippen molar-refractivity contribution in [3.05, 3.63) is 48.0 Å². The second kappa shape index (κ2) is 4.61. The van der Waals surface area contributed by atoms with Gasteiger partial charge in [-0.1, -0.05) is 0 Å². The van der Waals surface area contributed by atoms with E-state index in [-0.39, 0.29) is 5.56 Å². The molecule has 0 bridgehead atoms. The Bertz CT molecular complexity index is 555. The van der Waals surface area contributed by atoms with Crippen LogP contribution in [0.5, 0.6) is 0 Å². The van der Waals surface area contributed by atoms with E-state index < -0.39 is 5.97 Å². The van der Waals surface area contributed by atoms with E-state index in [1.54, 1.807) is 18.5 Å². The predicted octanol–water partition coefficient (Wildman–Crippen LogP) is 2.23. The number of nitrogens with one attached hydrogen (secondary N) is 1. The van der Waals surface area contributed by atoms with Gasteiger partial charge in [0.1, 0.15) is 5.56 Å². The van der Waals surface area contributed by atoms with Gasteiger partial charge in [-0.05, 0) is 24.6 Å². The summed E-state index contributed by atoms with van der Waals surface area (Å²) in [6.07, 6.45) is 6.22. The van der Waals surface area contributed by atoms with Crippen LogP contribution in [0.1, 0.15) is 15.9 Å². The van der Waals surface area contributed by atoms with Crippen LogP contribution in [0.3, 0.4) is 0 Å². The standard InChI is InChI=1S/C12H11N3O2/c1-8-4-9(6-14-5-8)15-11-2-3-13-7-10(11)12(16)17/h2-7H,1H3,(H,13,15)(H,16,17). The number of pyridine rings is 2. The van der Waals surface area contributed by atoms with E-state index in [9.17, 15) is 4.79 Å². The summed E-state index contributed by atoms with van der Waals surface area (Å²) in [5, 5.41) is 12.0. The monoisotopic (exact) mass is 229 g/mol. The highest BCUT2D eigenvalue weighted by molar-refractivity contribution is 5.94. The van der Waals surface area contributed by atoms with Gasteiger partial charge in [-0.2, -0.15) is 0 Å². The first kappa shape index (κ1) is 11.1. The smallest absolute Gasteiger partial charge is 0.339 e. The quantitative estimate of drug-likeness (QED) is 0.844. The maximum atomic E-state index is 11.0. The van der Waals surface area contributed by atoms with E-state index in [0.29, 0.717) is 5.69 Å². The van der Waals surface area contributed by atoms with Crippen LogP contribution >= 0.6 is 0 Å². The molecule has 0 atom stereocenters. The van der Waals surface area contributed by atoms with E-state index in [1.807, 2.05) is 13.0 Å². The Hall–Kier alpha value is -2.43. The van der Waals surface area contributed by atoms with Crippen molar-refractivity contribution in [3.63, 3.8) is 0 Å². The van der Waals surface area contributed by atoms with Gasteiger partial charge in [-0.15, -0.1) is 0 Å². The van der Waals surface area contributed by atoms with Crippen LogP contribution in [0, 0.1) is 6.92 Å². The average Bonchev–Trinajstić information content (AvgIpc) is 2.29. The minimum atomic E-state index is -1.01. The third-order valence-corrected chi connectivity index (χ3v) is 2.21. The molecule has 2 heterocycles. The van der Waals surface area contributed by atoms with Crippen molar-refractivity contribution < 1.29 is 9.90 Å². The Morgan fingerprint density at radius 3 is 2.82 bits per heavy atom. The van der Waals surface area contributed by atoms with Crippen molar-refractivity contribution in [2.45, 2.75) is 6.92 Å². The molecule has 0 radical (unpaired) electrons. The molecule has 0 aliphatic carbocycles. The van der Waals surface area contributed by atoms with E-state index in [1.165, 1.54) is 12.4 Å². The SMILES string of the molecule is Cc1cncc(Nc2ccncc2C(=O)O)c1. The van der Waals surface area contributed by atoms with Crippen molar-refractivity contribution in [2.24, 2.45) is 0 Å². The number of carbonyl (C=O) groups is 1. The molecule has 0 aliphatic rings. The third-order valence-electron chi connectivity index (χ3n) is 2.21. The molecule has 2 N–H and O–H groups in total. The fourth-order valence-electron chi connectivity index (χ4n) is 1.45. The van der Waals surface area contributed by atoms with Crippen molar-refractivity contribution in [1.29, 1.82) is 0 Å². The summed E-state index contributed by atoms with van der Waals surface area (Å²) < 4.78 is 0. The van der Waals surface area contributed by atoms with Crippen LogP contribution < -0.4 is 5.32 Å². The number of hydrogen-bond acceptors (Lipinski definition) is 4. The van der Waals surface area contributed by atoms with Gasteiger partial charge in [0.15, 0.2) is 0 Å². The Morgan fingerprint density at radius 1 is 1.29 bits per heavy atom. The summed E-state index contributed by atoms with van der Waals surface area (Å²) in [7, 11) is 0. The van der Waals surface area contributed by atoms with Gasteiger partial charge in [0.25, 0.3) is 0 Å². The molecule has 5 nitrogen and oxygen atoms in total. The molecule has 17 heavy (non-hydrogen) atoms. The first-order valence-electron chi connectivity index (χ1n) is 5.03. The summed E-state index contributed by atoms with van der Waals surface area (Å²) in [5.74, 6) is -1.01. The number of nitrogens with zero attached hydrogens (tertiary/aromatic N) is 2. The number of carboxylic acid groups (broad SMARTS) is 1. The van der Waals surface area contributed by atoms with Crippen molar-refractivity contribution in [2.75, 3.05) is 5.32 Å². The molecule has 0 spiro atoms. The molecular formula is C12H11N3O2. The van der Waals surface area contributed by atoms with Gasteiger partial charge in [0.05, 0.1) is 17.6 Å². The zero-order chi connectivity index (χ0) is 12.3. The van der Waals surface area contributed by atoms with Crippen LogP contribution in [-0.2, 0) is 0 Å². The summed E-state index contributed by atoms with van der Waals surface area (Å²) in [6.45, 7) is 1.92. The summed E-state index contributed by atoms with van der Waals surface area (Å²) >= 11 is 0. The lowest BCUT2D eigenvalue weighted by atomic mass is 10.2. The highest BCUT2D eigenvalue weighted by atomic mass is 16.4. The number of aromatic carboxylic acids is 1. The zero-order valence-corrected chi connectivity index (χ0v) is 9.21. The number of anilines is 2. The molecule has 0 amide bonds. The van der Waals surface area contributed by atoms with Crippen LogP contribution in [-0.4, -0.2) is 21.0 Å². The maximum Gasteiger partial charge on any atom is 0.339 e. The van der Waals surface area contributed by atoms with Gasteiger partial charge in [-0.25, -0.2) is 4.79 Å². The number of rotatable bonds is 3. The maximum absolute atomic E-state index is 11.0. The molecule has 86 valence electrons. The van der Waals surface area contributed by atoms with Gasteiger partial charge in [-0.3, -0.25) is 9.97 Å². The first-order chi connectivity index (χ1) is 8.16. The lowest BCUT2D eigenvalue weighted by Gasteiger charge is -2.08. The minimum absolute atomic E-state index is 0.133. The van der Waals surface area contributed by atoms with E-state index >= 15 is 0 Å². The normalized spacial score (nSPS) is 9.94. The van der Waals surface area contributed by atoms with Crippen molar-refractivity contribution >= 4 is 17.3 Å². The molecule has 0 saturated carbocycles. The predicted molar refractivity (Wildman–Crippen MR) is 63.5 cm³/mol. The first-order valence-corrected chi connectivity index (χ1v) is 5.03. The summed E-state index contributed by atoms with van der Waals surface area (Å²) in [4.78, 5) is 18.8. The molecule has 0 aromatic carbocycles. The van der Waals surface area contributed by atoms with Crippen LogP contribution in [0.4, 0.5) is 11.4 Å². The Balaban J connectivity index is 2.33. The highest BCUT2D eigenvalue weighted by Gasteiger charge is 2.09. The number of aromatic nitrogens is 2. The van der Waals surface area contributed by atoms with Gasteiger partial charge in [0, 0.05) is 18.6 Å². The minimum Gasteiger partial charge on any atom is -0.478 e. The molecule has 2 rings (SSSR count). The molecule has 0 fully saturated rings. The average molecular weight is 229 g/mol. The van der Waals surface area contributed by atoms with Crippen LogP contribution in [0.25, 0.3) is 0 Å². The van der Waals surface area contributed by atoms with Crippen LogP contribution in [0.15, 0.2) is 36.9 Å². The van der Waals surface area contributed by atoms with E-state index in [2.05, 4.69) is 15.3 Å². The third kappa shape index (κ3) is 2.57. The van der Waals surface area contributed by atoms with E-state index in [0.717, 1.165) is 11.3 Å². The fourth-order valence-corrected chi connectivity index (χ4v) is 1.45. The summed E-state index contributed by atoms with van der Waals surface area (Å²) in [5.41, 5.74) is 2.38. The Morgan fingerprint density at radius 2 is 2.12 bits per heavy atom. The number of carboxylic acids is 1. The number of aryl methyl sites for hydroxylation is 1. The molecule has 0 saturated heterocycles. The lowest BCUT2D eigenvalue weighted by Crippen LogP contribution is -2.03. The lowest BCUT2D eigenvalue weighted by molar-refractivity contribution is 0.0697. The zero-order valence-electron chi connectivity index (χ0n) is 9.21.